The number of carboxylic acid groups (broad SMARTS) is 1. The van der Waals surface area contributed by atoms with Gasteiger partial charge in [0.05, 0.1) is 37.6 Å². The zero-order chi connectivity index (χ0) is 86.7. The predicted molar refractivity (Wildman–Crippen MR) is 410 cm³/mol. The molecule has 1 aromatic carbocycles. The van der Waals surface area contributed by atoms with Crippen molar-refractivity contribution in [1.82, 2.24) is 51.5 Å². The lowest BCUT2D eigenvalue weighted by Gasteiger charge is -2.36. The molecule has 0 bridgehead atoms. The van der Waals surface area contributed by atoms with Gasteiger partial charge in [-0.05, 0) is 126 Å². The third-order valence-electron chi connectivity index (χ3n) is 20.7. The van der Waals surface area contributed by atoms with Gasteiger partial charge in [-0.25, -0.2) is 9.59 Å². The summed E-state index contributed by atoms with van der Waals surface area (Å²) in [6.07, 6.45) is -11.2. The van der Waals surface area contributed by atoms with Crippen LogP contribution in [0.2, 0.25) is 0 Å². The lowest BCUT2D eigenvalue weighted by Crippen LogP contribution is -2.62. The number of methoxy groups -OCH3 is 1. The molecular weight excluding hydrogens is 1500 g/mol. The number of rotatable bonds is 35. The summed E-state index contributed by atoms with van der Waals surface area (Å²) >= 11 is 0. The number of carbonyl (C=O) groups is 18. The number of benzene rings is 1. The minimum absolute atomic E-state index is 0.0197. The van der Waals surface area contributed by atoms with Crippen LogP contribution in [0.4, 0.5) is 0 Å². The summed E-state index contributed by atoms with van der Waals surface area (Å²) in [6.45, 7) is 17.2. The largest absolute Gasteiger partial charge is 0.497 e. The number of nitrogens with one attached hydrogen (secondary N) is 6. The maximum Gasteiger partial charge on any atom is 0.329 e. The normalized spacial score (nSPS) is 23.5. The number of hydrogen-bond acceptors (Lipinski definition) is 24. The smallest absolute Gasteiger partial charge is 0.329 e. The van der Waals surface area contributed by atoms with Crippen LogP contribution < -0.4 is 59.6 Å². The quantitative estimate of drug-likeness (QED) is 0.0205. The number of carbonyl (C=O) groups excluding carboxylic acids is 17. The van der Waals surface area contributed by atoms with Gasteiger partial charge in [-0.3, -0.25) is 76.7 Å². The highest BCUT2D eigenvalue weighted by molar-refractivity contribution is 6.05. The molecule has 0 saturated carbocycles. The standard InChI is InChI=1S/C77H120N14O24/c1-15-41(8)62-56(92)37-61(98)115-65(40(6)7)64(99)42(9)66(100)85-51(34-38(2)3)73(107)91-33-17-19-53(91)75(109)89(13)55(36-45-20-22-46(112-14)23-21-45)77(111)113-43(10)63(71(105)86-62)87-70(104)54(35-39(4)5)88(12)74(108)52-18-16-32-90(52)72(106)44(11)114-76(110)50(27-31-60(96)97)84-69(103)49(26-30-59(81)95)83-68(102)48(25-29-58(80)94)82-67(101)47(78)24-28-57(79)93/h20-23,38-44,47-56,62-63,65,92H,15-19,24-37,78H2,1-14H3,(H2,79,93)(H2,80,94)(H2,81,95)(H,82,101)(H,83,102)(H,84,103)(H,85,100)(H,86,105)(H,87,104)(H,96,97)/t41-,42-,43-,44-,47-,48-,49-,50-,51-,52-,53-,54+,55-,56-,62-,63-,65-/m0/s1. The Morgan fingerprint density at radius 2 is 1.25 bits per heavy atom. The topological polar surface area (TPSA) is 574 Å². The van der Waals surface area contributed by atoms with Gasteiger partial charge in [0, 0.05) is 59.3 Å². The molecule has 3 heterocycles. The number of hydrogen-bond donors (Lipinski definition) is 12. The highest BCUT2D eigenvalue weighted by Crippen LogP contribution is 2.28. The number of primary amides is 3. The van der Waals surface area contributed by atoms with Crippen molar-refractivity contribution in [3.63, 3.8) is 0 Å². The molecule has 642 valence electrons. The lowest BCUT2D eigenvalue weighted by molar-refractivity contribution is -0.163. The Labute approximate surface area is 669 Å². The second-order valence-corrected chi connectivity index (χ2v) is 31.1. The summed E-state index contributed by atoms with van der Waals surface area (Å²) < 4.78 is 22.9. The molecule has 17 atom stereocenters. The van der Waals surface area contributed by atoms with E-state index < -0.39 is 266 Å². The monoisotopic (exact) mass is 1620 g/mol. The van der Waals surface area contributed by atoms with Crippen LogP contribution in [0.3, 0.4) is 0 Å². The molecule has 3 aliphatic heterocycles. The van der Waals surface area contributed by atoms with Gasteiger partial charge in [-0.2, -0.15) is 0 Å². The van der Waals surface area contributed by atoms with Crippen molar-refractivity contribution in [3.05, 3.63) is 29.8 Å². The number of esters is 3. The van der Waals surface area contributed by atoms with Crippen molar-refractivity contribution in [3.8, 4) is 5.75 Å². The highest BCUT2D eigenvalue weighted by atomic mass is 16.6. The summed E-state index contributed by atoms with van der Waals surface area (Å²) in [7, 11) is 4.05. The van der Waals surface area contributed by atoms with E-state index >= 15 is 24.0 Å². The number of carboxylic acids is 1. The molecule has 13 amide bonds. The van der Waals surface area contributed by atoms with Crippen molar-refractivity contribution in [2.75, 3.05) is 34.3 Å². The first-order valence-corrected chi connectivity index (χ1v) is 39.1. The van der Waals surface area contributed by atoms with Crippen LogP contribution in [0.1, 0.15) is 184 Å². The van der Waals surface area contributed by atoms with Crippen molar-refractivity contribution in [2.45, 2.75) is 276 Å². The van der Waals surface area contributed by atoms with Gasteiger partial charge in [-0.15, -0.1) is 0 Å². The first-order valence-electron chi connectivity index (χ1n) is 39.1. The number of Topliss-reactive ketones (excluding diaryl/α,β-unsaturated/α-hetero) is 1. The Kier molecular flexibility index (Phi) is 38.5. The number of aliphatic hydroxyl groups excluding tert-OH is 1. The van der Waals surface area contributed by atoms with Crippen LogP contribution in [0.5, 0.6) is 5.75 Å². The van der Waals surface area contributed by atoms with Crippen molar-refractivity contribution >= 4 is 106 Å². The molecule has 0 radical (unpaired) electrons. The average Bonchev–Trinajstić information content (AvgIpc) is 1.74. The first-order chi connectivity index (χ1) is 53.8. The summed E-state index contributed by atoms with van der Waals surface area (Å²) in [5, 5.41) is 36.8. The van der Waals surface area contributed by atoms with E-state index in [4.69, 9.17) is 41.9 Å². The maximum absolute atomic E-state index is 15.4. The van der Waals surface area contributed by atoms with E-state index in [2.05, 4.69) is 31.9 Å². The Morgan fingerprint density at radius 3 is 1.79 bits per heavy atom. The fraction of sp³-hybridized carbons (Fsp3) is 0.688. The van der Waals surface area contributed by atoms with E-state index in [1.54, 1.807) is 65.8 Å². The number of ether oxygens (including phenoxy) is 4. The number of aliphatic hydroxyl groups is 1. The number of amides is 13. The van der Waals surface area contributed by atoms with Crippen molar-refractivity contribution in [1.29, 1.82) is 0 Å². The van der Waals surface area contributed by atoms with E-state index in [0.717, 1.165) is 21.6 Å². The fourth-order valence-corrected chi connectivity index (χ4v) is 13.7. The molecule has 3 fully saturated rings. The van der Waals surface area contributed by atoms with E-state index in [0.29, 0.717) is 17.7 Å². The number of likely N-dealkylation sites (N-methyl/N-ethyl adjacent to an activating group) is 2. The fourth-order valence-electron chi connectivity index (χ4n) is 13.7. The van der Waals surface area contributed by atoms with Gasteiger partial charge in [0.2, 0.25) is 70.9 Å². The van der Waals surface area contributed by atoms with Gasteiger partial charge >= 0.3 is 23.9 Å². The average molecular weight is 1630 g/mol. The predicted octanol–water partition coefficient (Wildman–Crippen LogP) is -1.69. The maximum atomic E-state index is 15.4. The number of aliphatic carboxylic acids is 1. The zero-order valence-corrected chi connectivity index (χ0v) is 68.3. The van der Waals surface area contributed by atoms with E-state index in [-0.39, 0.29) is 76.8 Å². The number of cyclic esters (lactones) is 2. The summed E-state index contributed by atoms with van der Waals surface area (Å²) in [5.74, 6) is -21.0. The second-order valence-electron chi connectivity index (χ2n) is 31.1. The Hall–Kier alpha value is -10.4. The lowest BCUT2D eigenvalue weighted by atomic mass is 9.91. The van der Waals surface area contributed by atoms with Crippen molar-refractivity contribution < 1.29 is 115 Å². The Morgan fingerprint density at radius 1 is 0.696 bits per heavy atom. The summed E-state index contributed by atoms with van der Waals surface area (Å²) in [5.41, 5.74) is 22.3. The zero-order valence-electron chi connectivity index (χ0n) is 68.3. The van der Waals surface area contributed by atoms with Crippen molar-refractivity contribution in [2.24, 2.45) is 52.5 Å². The molecular formula is C77H120N14O24. The SMILES string of the molecule is CC[C@H](C)[C@@H]1NC(=O)[C@@H](NC(=O)[C@@H](CC(C)C)N(C)C(=O)[C@@H]2CCCN2C(=O)[C@H](C)OC(=O)[C@H](CCC(=O)O)NC(=O)[C@H](CCC(N)=O)NC(=O)[C@H](CCC(N)=O)NC(=O)[C@@H](N)CCC(N)=O)[C@H](C)OC(=O)[C@H](Cc2ccc(OC)cc2)N(C)C(=O)[C@@H]2CCCN2C(=O)[C@H](CC(C)C)NC(=O)[C@@H](C)C(=O)[C@H](C(C)C)OC(=O)C[C@@H]1O. The highest BCUT2D eigenvalue weighted by Gasteiger charge is 2.47. The molecule has 0 aromatic heterocycles. The van der Waals surface area contributed by atoms with Crippen LogP contribution in [0, 0.1) is 29.6 Å². The molecule has 16 N–H and O–H groups in total. The van der Waals surface area contributed by atoms with E-state index in [1.165, 1.54) is 40.0 Å². The summed E-state index contributed by atoms with van der Waals surface area (Å²) in [6, 6.07) is -10.3. The molecule has 0 spiro atoms. The molecule has 38 heteroatoms. The molecule has 3 aliphatic rings. The Balaban J connectivity index is 1.77. The molecule has 1 aromatic rings. The van der Waals surface area contributed by atoms with Crippen LogP contribution in [0.25, 0.3) is 0 Å². The first kappa shape index (κ1) is 97.0. The van der Waals surface area contributed by atoms with Gasteiger partial charge in [0.1, 0.15) is 66.2 Å². The number of nitrogens with two attached hydrogens (primary N) is 4. The van der Waals surface area contributed by atoms with Gasteiger partial charge in [-0.1, -0.05) is 73.9 Å². The number of nitrogens with zero attached hydrogens (tertiary/aromatic N) is 4. The Bertz CT molecular complexity index is 3650. The molecule has 4 rings (SSSR count). The molecule has 38 nitrogen and oxygen atoms in total. The molecule has 115 heavy (non-hydrogen) atoms. The summed E-state index contributed by atoms with van der Waals surface area (Å²) in [4.78, 5) is 255. The molecule has 0 unspecified atom stereocenters. The molecule has 3 saturated heterocycles. The van der Waals surface area contributed by atoms with Gasteiger partial charge in [0.15, 0.2) is 18.0 Å². The van der Waals surface area contributed by atoms with Crippen LogP contribution in [0.15, 0.2) is 24.3 Å². The van der Waals surface area contributed by atoms with Crippen LogP contribution in [-0.2, 0) is 107 Å². The van der Waals surface area contributed by atoms with Gasteiger partial charge < -0.3 is 104 Å². The van der Waals surface area contributed by atoms with E-state index in [9.17, 15) is 72.5 Å². The van der Waals surface area contributed by atoms with Crippen LogP contribution in [-0.4, -0.2) is 261 Å². The van der Waals surface area contributed by atoms with Crippen LogP contribution >= 0.6 is 0 Å². The third-order valence-corrected chi connectivity index (χ3v) is 20.7. The minimum Gasteiger partial charge on any atom is -0.497 e. The molecule has 0 aliphatic carbocycles. The van der Waals surface area contributed by atoms with E-state index in [1.807, 2.05) is 13.8 Å². The number of ketones is 1. The van der Waals surface area contributed by atoms with Gasteiger partial charge in [0.25, 0.3) is 5.91 Å². The second kappa shape index (κ2) is 45.6. The minimum atomic E-state index is -1.94. The number of likely N-dealkylation sites (tertiary alicyclic amines) is 1. The number of fused-ring (bicyclic) bond motifs is 1. The third kappa shape index (κ3) is 29.1.